The fourth-order valence-corrected chi connectivity index (χ4v) is 7.02. The molecule has 1 aliphatic heterocycles. The normalized spacial score (nSPS) is 17.4. The van der Waals surface area contributed by atoms with Gasteiger partial charge in [0.1, 0.15) is 23.6 Å². The van der Waals surface area contributed by atoms with Gasteiger partial charge in [0.2, 0.25) is 17.7 Å². The van der Waals surface area contributed by atoms with E-state index in [0.717, 1.165) is 38.6 Å². The standard InChI is InChI=1S/C38H50FN7O4/c1-4-33(47)42-34(38(50)45-22-20-44(21-23-45)25-27-12-8-6-9-13-27)26(3)29-16-17-31(30(39)24-29)41-37(49)35(28-14-10-7-11-15-28)43-36(48)32-18-19-40-46(32)5-2/h6,8-9,12-13,16-19,24,26,28,34-35H,4-5,7,10-11,14-15,20-23,25H2,1-3H3,(H,41,49)(H,42,47)(H,43,48)/t26-,34-,35+/m1/s1. The lowest BCUT2D eigenvalue weighted by Gasteiger charge is -2.37. The first-order valence-corrected chi connectivity index (χ1v) is 18.0. The topological polar surface area (TPSA) is 129 Å². The van der Waals surface area contributed by atoms with Crippen LogP contribution in [-0.4, -0.2) is 81.5 Å². The summed E-state index contributed by atoms with van der Waals surface area (Å²) in [5.74, 6) is -2.64. The molecule has 0 bridgehead atoms. The van der Waals surface area contributed by atoms with E-state index in [1.165, 1.54) is 17.7 Å². The highest BCUT2D eigenvalue weighted by atomic mass is 19.1. The molecule has 2 fully saturated rings. The van der Waals surface area contributed by atoms with Crippen LogP contribution < -0.4 is 16.0 Å². The van der Waals surface area contributed by atoms with E-state index in [4.69, 9.17) is 0 Å². The highest BCUT2D eigenvalue weighted by Gasteiger charge is 2.35. The number of halogens is 1. The molecular weight excluding hydrogens is 637 g/mol. The van der Waals surface area contributed by atoms with Crippen molar-refractivity contribution in [3.63, 3.8) is 0 Å². The third-order valence-electron chi connectivity index (χ3n) is 10.1. The molecule has 2 aromatic carbocycles. The van der Waals surface area contributed by atoms with Crippen molar-refractivity contribution < 1.29 is 23.6 Å². The van der Waals surface area contributed by atoms with Gasteiger partial charge in [-0.2, -0.15) is 5.10 Å². The molecular formula is C38H50FN7O4. The van der Waals surface area contributed by atoms with E-state index in [1.807, 2.05) is 25.1 Å². The smallest absolute Gasteiger partial charge is 0.270 e. The van der Waals surface area contributed by atoms with E-state index in [9.17, 15) is 19.2 Å². The Morgan fingerprint density at radius 3 is 2.30 bits per heavy atom. The predicted octanol–water partition coefficient (Wildman–Crippen LogP) is 4.70. The lowest BCUT2D eigenvalue weighted by atomic mass is 9.83. The highest BCUT2D eigenvalue weighted by Crippen LogP contribution is 2.29. The average molecular weight is 688 g/mol. The molecule has 3 N–H and O–H groups in total. The van der Waals surface area contributed by atoms with Gasteiger partial charge >= 0.3 is 0 Å². The number of carbonyl (C=O) groups is 4. The molecule has 0 spiro atoms. The van der Waals surface area contributed by atoms with Crippen LogP contribution in [0.3, 0.4) is 0 Å². The molecule has 268 valence electrons. The first-order valence-electron chi connectivity index (χ1n) is 18.0. The van der Waals surface area contributed by atoms with Crippen molar-refractivity contribution in [2.24, 2.45) is 5.92 Å². The maximum atomic E-state index is 15.7. The number of benzene rings is 2. The lowest BCUT2D eigenvalue weighted by Crippen LogP contribution is -2.56. The van der Waals surface area contributed by atoms with Crippen molar-refractivity contribution in [1.82, 2.24) is 30.2 Å². The number of aryl methyl sites for hydroxylation is 1. The van der Waals surface area contributed by atoms with Crippen LogP contribution >= 0.6 is 0 Å². The summed E-state index contributed by atoms with van der Waals surface area (Å²) in [6.07, 6.45) is 6.30. The zero-order chi connectivity index (χ0) is 35.6. The van der Waals surface area contributed by atoms with Crippen LogP contribution in [0.5, 0.6) is 0 Å². The molecule has 1 saturated carbocycles. The van der Waals surface area contributed by atoms with Crippen LogP contribution in [-0.2, 0) is 27.5 Å². The Morgan fingerprint density at radius 2 is 1.64 bits per heavy atom. The number of amides is 4. The van der Waals surface area contributed by atoms with Crippen LogP contribution in [0.15, 0.2) is 60.8 Å². The van der Waals surface area contributed by atoms with Gasteiger partial charge in [0.15, 0.2) is 0 Å². The van der Waals surface area contributed by atoms with Gasteiger partial charge in [-0.05, 0) is 55.0 Å². The fourth-order valence-electron chi connectivity index (χ4n) is 7.02. The van der Waals surface area contributed by atoms with Crippen molar-refractivity contribution in [1.29, 1.82) is 0 Å². The Bertz CT molecular complexity index is 1620. The van der Waals surface area contributed by atoms with Crippen molar-refractivity contribution in [3.8, 4) is 0 Å². The molecule has 5 rings (SSSR count). The van der Waals surface area contributed by atoms with Gasteiger partial charge in [0.05, 0.1) is 5.69 Å². The molecule has 3 atom stereocenters. The lowest BCUT2D eigenvalue weighted by molar-refractivity contribution is -0.138. The molecule has 4 amide bonds. The molecule has 1 aromatic heterocycles. The van der Waals surface area contributed by atoms with Crippen LogP contribution in [0.1, 0.15) is 86.8 Å². The first-order chi connectivity index (χ1) is 24.2. The number of carbonyl (C=O) groups excluding carboxylic acids is 4. The molecule has 0 radical (unpaired) electrons. The largest absolute Gasteiger partial charge is 0.344 e. The number of piperazine rings is 1. The van der Waals surface area contributed by atoms with Gasteiger partial charge in [0, 0.05) is 57.8 Å². The zero-order valence-corrected chi connectivity index (χ0v) is 29.4. The Kier molecular flexibility index (Phi) is 12.8. The predicted molar refractivity (Wildman–Crippen MR) is 190 cm³/mol. The van der Waals surface area contributed by atoms with Crippen molar-refractivity contribution >= 4 is 29.3 Å². The van der Waals surface area contributed by atoms with E-state index < -0.39 is 35.6 Å². The van der Waals surface area contributed by atoms with E-state index in [0.29, 0.717) is 44.0 Å². The van der Waals surface area contributed by atoms with Crippen LogP contribution in [0.4, 0.5) is 10.1 Å². The molecule has 3 aromatic rings. The van der Waals surface area contributed by atoms with Gasteiger partial charge in [0.25, 0.3) is 5.91 Å². The van der Waals surface area contributed by atoms with Gasteiger partial charge in [-0.25, -0.2) is 4.39 Å². The number of anilines is 1. The second kappa shape index (κ2) is 17.4. The van der Waals surface area contributed by atoms with E-state index in [1.54, 1.807) is 41.8 Å². The van der Waals surface area contributed by atoms with Gasteiger partial charge in [-0.1, -0.05) is 69.5 Å². The van der Waals surface area contributed by atoms with Crippen LogP contribution in [0.2, 0.25) is 0 Å². The molecule has 1 aliphatic carbocycles. The minimum absolute atomic E-state index is 0.0189. The molecule has 12 heteroatoms. The number of hydrogen-bond acceptors (Lipinski definition) is 6. The quantitative estimate of drug-likeness (QED) is 0.239. The fraction of sp³-hybridized carbons (Fsp3) is 0.500. The average Bonchev–Trinajstić information content (AvgIpc) is 3.63. The van der Waals surface area contributed by atoms with E-state index in [-0.39, 0.29) is 29.8 Å². The number of aromatic nitrogens is 2. The number of hydrogen-bond donors (Lipinski definition) is 3. The zero-order valence-electron chi connectivity index (χ0n) is 29.4. The second-order valence-electron chi connectivity index (χ2n) is 13.4. The monoisotopic (exact) mass is 687 g/mol. The molecule has 2 aliphatic rings. The minimum atomic E-state index is -0.884. The summed E-state index contributed by atoms with van der Waals surface area (Å²) in [5.41, 5.74) is 2.07. The first kappa shape index (κ1) is 36.7. The van der Waals surface area contributed by atoms with Gasteiger partial charge in [-0.15, -0.1) is 0 Å². The number of nitrogens with zero attached hydrogens (tertiary/aromatic N) is 4. The third-order valence-corrected chi connectivity index (χ3v) is 10.1. The Labute approximate surface area is 294 Å². The maximum absolute atomic E-state index is 15.7. The summed E-state index contributed by atoms with van der Waals surface area (Å²) in [6.45, 7) is 9.17. The minimum Gasteiger partial charge on any atom is -0.344 e. The highest BCUT2D eigenvalue weighted by molar-refractivity contribution is 6.00. The SMILES string of the molecule is CCC(=O)N[C@@H](C(=O)N1CCN(Cc2ccccc2)CC1)[C@H](C)c1ccc(NC(=O)[C@@H](NC(=O)c2ccnn2CC)C2CCCCC2)c(F)c1. The Balaban J connectivity index is 1.27. The van der Waals surface area contributed by atoms with E-state index in [2.05, 4.69) is 38.1 Å². The maximum Gasteiger partial charge on any atom is 0.270 e. The Morgan fingerprint density at radius 1 is 0.920 bits per heavy atom. The van der Waals surface area contributed by atoms with Crippen LogP contribution in [0.25, 0.3) is 0 Å². The molecule has 0 unspecified atom stereocenters. The molecule has 50 heavy (non-hydrogen) atoms. The second-order valence-corrected chi connectivity index (χ2v) is 13.4. The van der Waals surface area contributed by atoms with Crippen LogP contribution in [0, 0.1) is 11.7 Å². The third kappa shape index (κ3) is 9.15. The van der Waals surface area contributed by atoms with Crippen molar-refractivity contribution in [3.05, 3.63) is 83.4 Å². The van der Waals surface area contributed by atoms with Crippen molar-refractivity contribution in [2.75, 3.05) is 31.5 Å². The van der Waals surface area contributed by atoms with E-state index >= 15 is 4.39 Å². The van der Waals surface area contributed by atoms with Gasteiger partial charge < -0.3 is 20.9 Å². The summed E-state index contributed by atoms with van der Waals surface area (Å²) in [7, 11) is 0. The number of rotatable bonds is 13. The summed E-state index contributed by atoms with van der Waals surface area (Å²) in [4.78, 5) is 57.4. The summed E-state index contributed by atoms with van der Waals surface area (Å²) >= 11 is 0. The molecule has 2 heterocycles. The van der Waals surface area contributed by atoms with Gasteiger partial charge in [-0.3, -0.25) is 28.8 Å². The molecule has 1 saturated heterocycles. The summed E-state index contributed by atoms with van der Waals surface area (Å²) < 4.78 is 17.3. The summed E-state index contributed by atoms with van der Waals surface area (Å²) in [6, 6.07) is 14.5. The number of nitrogens with one attached hydrogen (secondary N) is 3. The molecule has 11 nitrogen and oxygen atoms in total. The van der Waals surface area contributed by atoms with Crippen molar-refractivity contribution in [2.45, 2.75) is 90.4 Å². The Hall–Kier alpha value is -4.58. The summed E-state index contributed by atoms with van der Waals surface area (Å²) in [5, 5.41) is 12.7.